The largest absolute Gasteiger partial charge is 0.314 e. The highest BCUT2D eigenvalue weighted by Gasteiger charge is 2.50. The molecule has 0 aromatic heterocycles. The fourth-order valence-corrected chi connectivity index (χ4v) is 4.49. The van der Waals surface area contributed by atoms with Crippen molar-refractivity contribution >= 4 is 23.6 Å². The second kappa shape index (κ2) is 7.81. The van der Waals surface area contributed by atoms with E-state index >= 15 is 0 Å². The van der Waals surface area contributed by atoms with Crippen molar-refractivity contribution < 1.29 is 14.8 Å². The van der Waals surface area contributed by atoms with Crippen LogP contribution in [0.4, 0.5) is 5.69 Å². The predicted octanol–water partition coefficient (Wildman–Crippen LogP) is 2.72. The third-order valence-corrected chi connectivity index (χ3v) is 6.13. The van der Waals surface area contributed by atoms with E-state index in [-0.39, 0.29) is 11.3 Å². The van der Waals surface area contributed by atoms with Gasteiger partial charge in [0.25, 0.3) is 5.91 Å². The first-order chi connectivity index (χ1) is 14.0. The molecule has 2 N–H and O–H groups in total. The number of carbonyl (C=O) groups excluding carboxylic acids is 2. The summed E-state index contributed by atoms with van der Waals surface area (Å²) in [5, 5.41) is 8.52. The Bertz CT molecular complexity index is 944. The molecular weight excluding hydrogens is 366 g/mol. The highest BCUT2D eigenvalue weighted by atomic mass is 16.5. The van der Waals surface area contributed by atoms with Crippen molar-refractivity contribution in [3.63, 3.8) is 0 Å². The van der Waals surface area contributed by atoms with Crippen LogP contribution in [-0.4, -0.2) is 42.1 Å². The summed E-state index contributed by atoms with van der Waals surface area (Å²) in [5.41, 5.74) is 5.51. The first-order valence-electron chi connectivity index (χ1n) is 9.85. The average molecular weight is 391 g/mol. The van der Waals surface area contributed by atoms with Crippen LogP contribution in [0, 0.1) is 0 Å². The number of fused-ring (bicyclic) bond motifs is 2. The van der Waals surface area contributed by atoms with Gasteiger partial charge in [0, 0.05) is 25.4 Å². The van der Waals surface area contributed by atoms with Gasteiger partial charge in [0.05, 0.1) is 5.41 Å². The third kappa shape index (κ3) is 3.57. The molecule has 2 aromatic carbocycles. The number of likely N-dealkylation sites (tertiary alicyclic amines) is 1. The van der Waals surface area contributed by atoms with E-state index in [1.807, 2.05) is 54.4 Å². The number of para-hydroxylation sites is 1. The zero-order valence-electron chi connectivity index (χ0n) is 16.5. The molecule has 1 fully saturated rings. The van der Waals surface area contributed by atoms with Crippen molar-refractivity contribution in [1.82, 2.24) is 10.4 Å². The van der Waals surface area contributed by atoms with Crippen molar-refractivity contribution in [2.45, 2.75) is 24.8 Å². The molecule has 1 saturated heterocycles. The highest BCUT2D eigenvalue weighted by Crippen LogP contribution is 2.47. The third-order valence-electron chi connectivity index (χ3n) is 6.13. The Kier molecular flexibility index (Phi) is 5.22. The van der Waals surface area contributed by atoms with Gasteiger partial charge in [-0.3, -0.25) is 19.7 Å². The van der Waals surface area contributed by atoms with E-state index in [1.165, 1.54) is 17.2 Å². The van der Waals surface area contributed by atoms with Gasteiger partial charge in [0.15, 0.2) is 0 Å². The minimum atomic E-state index is -0.551. The van der Waals surface area contributed by atoms with Crippen LogP contribution >= 0.6 is 0 Å². The summed E-state index contributed by atoms with van der Waals surface area (Å²) in [7, 11) is 1.88. The van der Waals surface area contributed by atoms with Crippen LogP contribution in [-0.2, 0) is 21.5 Å². The second-order valence-electron chi connectivity index (χ2n) is 7.79. The van der Waals surface area contributed by atoms with E-state index < -0.39 is 5.91 Å². The molecule has 6 heteroatoms. The summed E-state index contributed by atoms with van der Waals surface area (Å²) in [6.45, 7) is 2.60. The Morgan fingerprint density at radius 2 is 1.83 bits per heavy atom. The van der Waals surface area contributed by atoms with E-state index in [0.29, 0.717) is 0 Å². The molecule has 0 aliphatic carbocycles. The molecule has 6 nitrogen and oxygen atoms in total. The van der Waals surface area contributed by atoms with Crippen molar-refractivity contribution in [3.8, 4) is 0 Å². The molecule has 1 spiro atoms. The minimum Gasteiger partial charge on any atom is -0.314 e. The Morgan fingerprint density at radius 3 is 2.52 bits per heavy atom. The standard InChI is InChI=1S/C23H25N3O3/c1-25-20-5-3-2-4-19(20)23(22(25)28)12-14-26(15-13-23)16-18-8-6-17(7-9-18)10-11-21(27)24-29/h2-11,29H,12-16H2,1H3,(H,24,27)/b11-10+. The van der Waals surface area contributed by atoms with Gasteiger partial charge in [-0.15, -0.1) is 0 Å². The number of piperidine rings is 1. The summed E-state index contributed by atoms with van der Waals surface area (Å²) in [5.74, 6) is -0.327. The molecule has 0 unspecified atom stereocenters. The number of hydrogen-bond donors (Lipinski definition) is 2. The van der Waals surface area contributed by atoms with Crippen LogP contribution in [0.25, 0.3) is 6.08 Å². The van der Waals surface area contributed by atoms with Crippen LogP contribution in [0.3, 0.4) is 0 Å². The lowest BCUT2D eigenvalue weighted by atomic mass is 9.73. The molecule has 0 radical (unpaired) electrons. The molecule has 2 aliphatic rings. The Labute approximate surface area is 170 Å². The van der Waals surface area contributed by atoms with Crippen LogP contribution in [0.1, 0.15) is 29.5 Å². The first kappa shape index (κ1) is 19.4. The number of benzene rings is 2. The van der Waals surface area contributed by atoms with Gasteiger partial charge < -0.3 is 4.90 Å². The Hall–Kier alpha value is -2.96. The molecule has 4 rings (SSSR count). The number of carbonyl (C=O) groups is 2. The molecule has 0 atom stereocenters. The Balaban J connectivity index is 1.40. The van der Waals surface area contributed by atoms with E-state index in [9.17, 15) is 9.59 Å². The zero-order chi connectivity index (χ0) is 20.4. The SMILES string of the molecule is CN1C(=O)C2(CCN(Cc3ccc(/C=C/C(=O)NO)cc3)CC2)c2ccccc21. The number of anilines is 1. The van der Waals surface area contributed by atoms with Crippen molar-refractivity contribution in [3.05, 3.63) is 71.3 Å². The van der Waals surface area contributed by atoms with Crippen LogP contribution in [0.15, 0.2) is 54.6 Å². The quantitative estimate of drug-likeness (QED) is 0.478. The summed E-state index contributed by atoms with van der Waals surface area (Å²) < 4.78 is 0. The normalized spacial score (nSPS) is 18.4. The summed E-state index contributed by atoms with van der Waals surface area (Å²) in [4.78, 5) is 28.3. The van der Waals surface area contributed by atoms with Crippen LogP contribution < -0.4 is 10.4 Å². The Morgan fingerprint density at radius 1 is 1.14 bits per heavy atom. The van der Waals surface area contributed by atoms with Crippen LogP contribution in [0.2, 0.25) is 0 Å². The van der Waals surface area contributed by atoms with Gasteiger partial charge in [-0.1, -0.05) is 42.5 Å². The van der Waals surface area contributed by atoms with E-state index in [0.717, 1.165) is 43.7 Å². The summed E-state index contributed by atoms with van der Waals surface area (Å²) in [6, 6.07) is 16.2. The lowest BCUT2D eigenvalue weighted by Crippen LogP contribution is -2.47. The van der Waals surface area contributed by atoms with Crippen molar-refractivity contribution in [2.24, 2.45) is 0 Å². The summed E-state index contributed by atoms with van der Waals surface area (Å²) >= 11 is 0. The van der Waals surface area contributed by atoms with Crippen molar-refractivity contribution in [2.75, 3.05) is 25.0 Å². The highest BCUT2D eigenvalue weighted by molar-refractivity contribution is 6.07. The molecule has 0 bridgehead atoms. The second-order valence-corrected chi connectivity index (χ2v) is 7.79. The number of hydrogen-bond acceptors (Lipinski definition) is 4. The van der Waals surface area contributed by atoms with Gasteiger partial charge in [0.1, 0.15) is 0 Å². The molecule has 0 saturated carbocycles. The number of amides is 2. The van der Waals surface area contributed by atoms with Gasteiger partial charge in [0.2, 0.25) is 5.91 Å². The molecular formula is C23H25N3O3. The number of rotatable bonds is 4. The van der Waals surface area contributed by atoms with Crippen LogP contribution in [0.5, 0.6) is 0 Å². The molecule has 150 valence electrons. The average Bonchev–Trinajstić information content (AvgIpc) is 2.97. The smallest absolute Gasteiger partial charge is 0.267 e. The molecule has 29 heavy (non-hydrogen) atoms. The molecule has 2 amide bonds. The van der Waals surface area contributed by atoms with E-state index in [4.69, 9.17) is 5.21 Å². The fourth-order valence-electron chi connectivity index (χ4n) is 4.49. The summed E-state index contributed by atoms with van der Waals surface area (Å²) in [6.07, 6.45) is 4.61. The fraction of sp³-hybridized carbons (Fsp3) is 0.304. The maximum absolute atomic E-state index is 13.0. The monoisotopic (exact) mass is 391 g/mol. The van der Waals surface area contributed by atoms with Crippen molar-refractivity contribution in [1.29, 1.82) is 0 Å². The molecule has 2 heterocycles. The lowest BCUT2D eigenvalue weighted by molar-refractivity contribution is -0.125. The van der Waals surface area contributed by atoms with Gasteiger partial charge >= 0.3 is 0 Å². The zero-order valence-corrected chi connectivity index (χ0v) is 16.5. The van der Waals surface area contributed by atoms with Gasteiger partial charge in [-0.2, -0.15) is 0 Å². The predicted molar refractivity (Wildman–Crippen MR) is 111 cm³/mol. The van der Waals surface area contributed by atoms with Gasteiger partial charge in [-0.25, -0.2) is 5.48 Å². The maximum Gasteiger partial charge on any atom is 0.267 e. The first-order valence-corrected chi connectivity index (χ1v) is 9.85. The van der Waals surface area contributed by atoms with Gasteiger partial charge in [-0.05, 0) is 54.8 Å². The minimum absolute atomic E-state index is 0.224. The number of nitrogens with zero attached hydrogens (tertiary/aromatic N) is 2. The lowest BCUT2D eigenvalue weighted by Gasteiger charge is -2.38. The number of nitrogens with one attached hydrogen (secondary N) is 1. The molecule has 2 aliphatic heterocycles. The number of likely N-dealkylation sites (N-methyl/N-ethyl adjacent to an activating group) is 1. The molecule has 2 aromatic rings. The maximum atomic E-state index is 13.0. The number of hydroxylamine groups is 1. The topological polar surface area (TPSA) is 72.9 Å². The van der Waals surface area contributed by atoms with E-state index in [1.54, 1.807) is 11.6 Å². The van der Waals surface area contributed by atoms with E-state index in [2.05, 4.69) is 11.0 Å².